The van der Waals surface area contributed by atoms with Crippen LogP contribution in [0.1, 0.15) is 46.0 Å². The van der Waals surface area contributed by atoms with Crippen LogP contribution in [0.5, 0.6) is 0 Å². The standard InChI is InChI=1S/C19H36N4O/c1-16-3-4-17(2)23(16)14-11-21-9-12-22(13-10-21)19(24)15-18-5-7-20-8-6-18/h16-18,20H,3-15H2,1-2H3/t16-,17-/m0/s1. The molecular weight excluding hydrogens is 300 g/mol. The SMILES string of the molecule is C[C@H]1CC[C@H](C)N1CCN1CCN(C(=O)CC2CCNCC2)CC1. The van der Waals surface area contributed by atoms with Gasteiger partial charge in [0.1, 0.15) is 0 Å². The second kappa shape index (κ2) is 8.63. The van der Waals surface area contributed by atoms with Gasteiger partial charge in [0.15, 0.2) is 0 Å². The van der Waals surface area contributed by atoms with Crippen molar-refractivity contribution >= 4 is 5.91 Å². The van der Waals surface area contributed by atoms with Gasteiger partial charge in [0.25, 0.3) is 0 Å². The zero-order valence-electron chi connectivity index (χ0n) is 15.7. The fraction of sp³-hybridized carbons (Fsp3) is 0.947. The second-order valence-electron chi connectivity index (χ2n) is 8.13. The molecule has 3 rings (SSSR count). The van der Waals surface area contributed by atoms with E-state index in [2.05, 4.69) is 33.9 Å². The lowest BCUT2D eigenvalue weighted by atomic mass is 9.94. The molecule has 3 saturated heterocycles. The van der Waals surface area contributed by atoms with Crippen molar-refractivity contribution in [1.82, 2.24) is 20.0 Å². The van der Waals surface area contributed by atoms with Gasteiger partial charge in [-0.1, -0.05) is 0 Å². The monoisotopic (exact) mass is 336 g/mol. The minimum absolute atomic E-state index is 0.392. The molecule has 0 saturated carbocycles. The van der Waals surface area contributed by atoms with E-state index in [0.29, 0.717) is 11.8 Å². The highest BCUT2D eigenvalue weighted by molar-refractivity contribution is 5.76. The molecule has 5 nitrogen and oxygen atoms in total. The molecule has 0 spiro atoms. The Morgan fingerprint density at radius 1 is 0.917 bits per heavy atom. The Morgan fingerprint density at radius 2 is 1.54 bits per heavy atom. The number of rotatable bonds is 5. The lowest BCUT2D eigenvalue weighted by Crippen LogP contribution is -2.51. The number of piperazine rings is 1. The van der Waals surface area contributed by atoms with E-state index in [9.17, 15) is 4.79 Å². The molecule has 0 aromatic rings. The number of carbonyl (C=O) groups excluding carboxylic acids is 1. The van der Waals surface area contributed by atoms with Crippen LogP contribution in [0.25, 0.3) is 0 Å². The minimum atomic E-state index is 0.392. The molecule has 138 valence electrons. The van der Waals surface area contributed by atoms with Crippen LogP contribution in [0.4, 0.5) is 0 Å². The lowest BCUT2D eigenvalue weighted by Gasteiger charge is -2.37. The maximum atomic E-state index is 12.5. The van der Waals surface area contributed by atoms with E-state index < -0.39 is 0 Å². The summed E-state index contributed by atoms with van der Waals surface area (Å²) in [5, 5.41) is 3.38. The molecule has 0 bridgehead atoms. The van der Waals surface area contributed by atoms with Gasteiger partial charge in [-0.15, -0.1) is 0 Å². The first-order chi connectivity index (χ1) is 11.6. The summed E-state index contributed by atoms with van der Waals surface area (Å²) in [6.07, 6.45) is 5.79. The summed E-state index contributed by atoms with van der Waals surface area (Å²) in [5.74, 6) is 0.998. The number of nitrogens with one attached hydrogen (secondary N) is 1. The number of carbonyl (C=O) groups is 1. The van der Waals surface area contributed by atoms with Gasteiger partial charge in [-0.05, 0) is 58.5 Å². The van der Waals surface area contributed by atoms with Gasteiger partial charge in [0, 0.05) is 57.8 Å². The predicted molar refractivity (Wildman–Crippen MR) is 98.1 cm³/mol. The number of hydrogen-bond donors (Lipinski definition) is 1. The fourth-order valence-corrected chi connectivity index (χ4v) is 4.63. The first-order valence-corrected chi connectivity index (χ1v) is 10.1. The third-order valence-electron chi connectivity index (χ3n) is 6.46. The van der Waals surface area contributed by atoms with Gasteiger partial charge in [0.2, 0.25) is 5.91 Å². The van der Waals surface area contributed by atoms with Crippen molar-refractivity contribution in [1.29, 1.82) is 0 Å². The van der Waals surface area contributed by atoms with Gasteiger partial charge in [-0.2, -0.15) is 0 Å². The Kier molecular flexibility index (Phi) is 6.53. The first kappa shape index (κ1) is 18.2. The van der Waals surface area contributed by atoms with Crippen LogP contribution in [-0.2, 0) is 4.79 Å². The van der Waals surface area contributed by atoms with Gasteiger partial charge in [-0.25, -0.2) is 0 Å². The number of hydrogen-bond acceptors (Lipinski definition) is 4. The van der Waals surface area contributed by atoms with E-state index in [1.54, 1.807) is 0 Å². The molecule has 3 fully saturated rings. The highest BCUT2D eigenvalue weighted by Crippen LogP contribution is 2.23. The van der Waals surface area contributed by atoms with Gasteiger partial charge in [-0.3, -0.25) is 14.6 Å². The Morgan fingerprint density at radius 3 is 2.17 bits per heavy atom. The van der Waals surface area contributed by atoms with Crippen LogP contribution in [0.15, 0.2) is 0 Å². The largest absolute Gasteiger partial charge is 0.340 e. The summed E-state index contributed by atoms with van der Waals surface area (Å²) < 4.78 is 0. The molecule has 0 aliphatic carbocycles. The highest BCUT2D eigenvalue weighted by atomic mass is 16.2. The average molecular weight is 337 g/mol. The molecule has 3 aliphatic rings. The summed E-state index contributed by atoms with van der Waals surface area (Å²) in [6.45, 7) is 13.2. The third kappa shape index (κ3) is 4.70. The number of piperidine rings is 1. The normalized spacial score (nSPS) is 30.8. The summed E-state index contributed by atoms with van der Waals surface area (Å²) >= 11 is 0. The molecule has 3 heterocycles. The van der Waals surface area contributed by atoms with E-state index in [1.165, 1.54) is 19.4 Å². The summed E-state index contributed by atoms with van der Waals surface area (Å²) in [5.41, 5.74) is 0. The Hall–Kier alpha value is -0.650. The second-order valence-corrected chi connectivity index (χ2v) is 8.13. The summed E-state index contributed by atoms with van der Waals surface area (Å²) in [6, 6.07) is 1.49. The molecule has 24 heavy (non-hydrogen) atoms. The van der Waals surface area contributed by atoms with Crippen molar-refractivity contribution in [2.45, 2.75) is 58.0 Å². The van der Waals surface area contributed by atoms with E-state index in [4.69, 9.17) is 0 Å². The Bertz CT molecular complexity index is 392. The smallest absolute Gasteiger partial charge is 0.222 e. The molecule has 0 radical (unpaired) electrons. The number of amides is 1. The van der Waals surface area contributed by atoms with Crippen LogP contribution in [0, 0.1) is 5.92 Å². The maximum absolute atomic E-state index is 12.5. The van der Waals surface area contributed by atoms with Gasteiger partial charge in [0.05, 0.1) is 0 Å². The van der Waals surface area contributed by atoms with Crippen LogP contribution < -0.4 is 5.32 Å². The van der Waals surface area contributed by atoms with Gasteiger partial charge >= 0.3 is 0 Å². The fourth-order valence-electron chi connectivity index (χ4n) is 4.63. The Balaban J connectivity index is 1.35. The summed E-state index contributed by atoms with van der Waals surface area (Å²) in [4.78, 5) is 19.8. The van der Waals surface area contributed by atoms with E-state index in [1.807, 2.05) is 0 Å². The van der Waals surface area contributed by atoms with Crippen molar-refractivity contribution in [3.8, 4) is 0 Å². The van der Waals surface area contributed by atoms with Crippen LogP contribution in [-0.4, -0.2) is 85.0 Å². The van der Waals surface area contributed by atoms with Crippen LogP contribution in [0.3, 0.4) is 0 Å². The summed E-state index contributed by atoms with van der Waals surface area (Å²) in [7, 11) is 0. The van der Waals surface area contributed by atoms with Crippen LogP contribution >= 0.6 is 0 Å². The van der Waals surface area contributed by atoms with Crippen molar-refractivity contribution < 1.29 is 4.79 Å². The van der Waals surface area contributed by atoms with Crippen molar-refractivity contribution in [3.05, 3.63) is 0 Å². The number of likely N-dealkylation sites (tertiary alicyclic amines) is 1. The van der Waals surface area contributed by atoms with Crippen molar-refractivity contribution in [3.63, 3.8) is 0 Å². The lowest BCUT2D eigenvalue weighted by molar-refractivity contribution is -0.134. The average Bonchev–Trinajstić information content (AvgIpc) is 2.92. The molecule has 0 aromatic carbocycles. The van der Waals surface area contributed by atoms with Gasteiger partial charge < -0.3 is 10.2 Å². The Labute approximate surface area is 147 Å². The van der Waals surface area contributed by atoms with E-state index in [0.717, 1.165) is 77.2 Å². The molecule has 0 unspecified atom stereocenters. The van der Waals surface area contributed by atoms with E-state index in [-0.39, 0.29) is 0 Å². The quantitative estimate of drug-likeness (QED) is 0.824. The molecular formula is C19H36N4O. The zero-order chi connectivity index (χ0) is 16.9. The maximum Gasteiger partial charge on any atom is 0.222 e. The molecule has 2 atom stereocenters. The van der Waals surface area contributed by atoms with Crippen molar-refractivity contribution in [2.75, 3.05) is 52.4 Å². The predicted octanol–water partition coefficient (Wildman–Crippen LogP) is 1.39. The molecule has 0 aromatic heterocycles. The molecule has 3 aliphatic heterocycles. The van der Waals surface area contributed by atoms with Crippen LogP contribution in [0.2, 0.25) is 0 Å². The molecule has 1 amide bonds. The highest BCUT2D eigenvalue weighted by Gasteiger charge is 2.28. The van der Waals surface area contributed by atoms with Crippen molar-refractivity contribution in [2.24, 2.45) is 5.92 Å². The molecule has 1 N–H and O–H groups in total. The third-order valence-corrected chi connectivity index (χ3v) is 6.46. The number of nitrogens with zero attached hydrogens (tertiary/aromatic N) is 3. The minimum Gasteiger partial charge on any atom is -0.340 e. The first-order valence-electron chi connectivity index (χ1n) is 10.1. The van der Waals surface area contributed by atoms with E-state index >= 15 is 0 Å². The topological polar surface area (TPSA) is 38.8 Å². The zero-order valence-corrected chi connectivity index (χ0v) is 15.7. The molecule has 5 heteroatoms.